The molecule has 18 heavy (non-hydrogen) atoms. The van der Waals surface area contributed by atoms with E-state index in [1.54, 1.807) is 0 Å². The molecule has 6 heteroatoms. The summed E-state index contributed by atoms with van der Waals surface area (Å²) in [4.78, 5) is 23.6. The normalized spacial score (nSPS) is 18.1. The topological polar surface area (TPSA) is 89.9 Å². The first-order valence-corrected chi connectivity index (χ1v) is 6.38. The average molecular weight is 258 g/mol. The minimum Gasteiger partial charge on any atom is -0.481 e. The van der Waals surface area contributed by atoms with Gasteiger partial charge in [0.15, 0.2) is 0 Å². The molecule has 104 valence electrons. The number of hydrogen-bond acceptors (Lipinski definition) is 4. The van der Waals surface area contributed by atoms with Gasteiger partial charge < -0.3 is 15.5 Å². The predicted molar refractivity (Wildman–Crippen MR) is 66.2 cm³/mol. The van der Waals surface area contributed by atoms with E-state index in [0.29, 0.717) is 26.1 Å². The molecule has 0 radical (unpaired) electrons. The lowest BCUT2D eigenvalue weighted by molar-refractivity contribution is -0.138. The fraction of sp³-hybridized carbons (Fsp3) is 0.833. The molecule has 1 saturated heterocycles. The minimum absolute atomic E-state index is 0.0697. The monoisotopic (exact) mass is 258 g/mol. The Morgan fingerprint density at radius 1 is 1.39 bits per heavy atom. The molecule has 1 fully saturated rings. The van der Waals surface area contributed by atoms with Crippen molar-refractivity contribution in [1.29, 1.82) is 0 Å². The first-order valence-electron chi connectivity index (χ1n) is 6.38. The van der Waals surface area contributed by atoms with Crippen LogP contribution in [0.5, 0.6) is 0 Å². The van der Waals surface area contributed by atoms with Gasteiger partial charge in [0.05, 0.1) is 12.1 Å². The molecule has 0 saturated carbocycles. The summed E-state index contributed by atoms with van der Waals surface area (Å²) in [5, 5.41) is 21.0. The molecule has 0 aliphatic carbocycles. The Balaban J connectivity index is 2.06. The summed E-state index contributed by atoms with van der Waals surface area (Å²) in [5.74, 6) is -0.962. The molecular weight excluding hydrogens is 236 g/mol. The molecule has 0 aromatic rings. The maximum Gasteiger partial charge on any atom is 0.303 e. The summed E-state index contributed by atoms with van der Waals surface area (Å²) < 4.78 is 0. The molecule has 0 aromatic carbocycles. The summed E-state index contributed by atoms with van der Waals surface area (Å²) in [6.07, 6.45) is 2.22. The summed E-state index contributed by atoms with van der Waals surface area (Å²) >= 11 is 0. The van der Waals surface area contributed by atoms with Crippen LogP contribution in [0.2, 0.25) is 0 Å². The van der Waals surface area contributed by atoms with Gasteiger partial charge in [0.25, 0.3) is 0 Å². The summed E-state index contributed by atoms with van der Waals surface area (Å²) in [7, 11) is 0. The highest BCUT2D eigenvalue weighted by molar-refractivity contribution is 5.78. The quantitative estimate of drug-likeness (QED) is 0.525. The van der Waals surface area contributed by atoms with Crippen molar-refractivity contribution in [3.63, 3.8) is 0 Å². The standard InChI is InChI=1S/C12H22N2O4/c1-2-5-12(18)8-14(9-12)7-10(15)13-6-3-4-11(16)17/h18H,2-9H2,1H3,(H,13,15)(H,16,17). The number of aliphatic hydroxyl groups is 1. The van der Waals surface area contributed by atoms with Gasteiger partial charge in [-0.3, -0.25) is 14.5 Å². The highest BCUT2D eigenvalue weighted by atomic mass is 16.4. The number of β-amino-alcohol motifs (C(OH)–C–C–N with tert-alkyl or cyclic N) is 1. The number of rotatable bonds is 8. The van der Waals surface area contributed by atoms with Crippen molar-refractivity contribution >= 4 is 11.9 Å². The van der Waals surface area contributed by atoms with Gasteiger partial charge in [0.2, 0.25) is 5.91 Å². The number of nitrogens with zero attached hydrogens (tertiary/aromatic N) is 1. The summed E-state index contributed by atoms with van der Waals surface area (Å²) in [6, 6.07) is 0. The summed E-state index contributed by atoms with van der Waals surface area (Å²) in [5.41, 5.74) is -0.613. The lowest BCUT2D eigenvalue weighted by Gasteiger charge is -2.46. The first kappa shape index (κ1) is 14.9. The maximum absolute atomic E-state index is 11.5. The zero-order chi connectivity index (χ0) is 13.6. The van der Waals surface area contributed by atoms with Crippen molar-refractivity contribution in [3.8, 4) is 0 Å². The fourth-order valence-electron chi connectivity index (χ4n) is 2.25. The van der Waals surface area contributed by atoms with E-state index in [9.17, 15) is 14.7 Å². The Hall–Kier alpha value is -1.14. The number of carboxylic acids is 1. The highest BCUT2D eigenvalue weighted by Gasteiger charge is 2.40. The van der Waals surface area contributed by atoms with Crippen molar-refractivity contribution in [3.05, 3.63) is 0 Å². The smallest absolute Gasteiger partial charge is 0.303 e. The first-order chi connectivity index (χ1) is 8.45. The second-order valence-corrected chi connectivity index (χ2v) is 4.97. The van der Waals surface area contributed by atoms with Crippen molar-refractivity contribution < 1.29 is 19.8 Å². The zero-order valence-electron chi connectivity index (χ0n) is 10.8. The Bertz CT molecular complexity index is 300. The molecule has 3 N–H and O–H groups in total. The molecule has 1 rings (SSSR count). The largest absolute Gasteiger partial charge is 0.481 e. The van der Waals surface area contributed by atoms with Gasteiger partial charge >= 0.3 is 5.97 Å². The molecule has 0 unspecified atom stereocenters. The van der Waals surface area contributed by atoms with Gasteiger partial charge in [-0.2, -0.15) is 0 Å². The van der Waals surface area contributed by atoms with Crippen LogP contribution in [-0.2, 0) is 9.59 Å². The van der Waals surface area contributed by atoms with E-state index in [4.69, 9.17) is 5.11 Å². The van der Waals surface area contributed by atoms with Crippen molar-refractivity contribution in [2.75, 3.05) is 26.2 Å². The van der Waals surface area contributed by atoms with Crippen molar-refractivity contribution in [1.82, 2.24) is 10.2 Å². The molecule has 1 amide bonds. The molecule has 6 nitrogen and oxygen atoms in total. The van der Waals surface area contributed by atoms with E-state index in [0.717, 1.165) is 12.8 Å². The number of carboxylic acid groups (broad SMARTS) is 1. The van der Waals surface area contributed by atoms with Gasteiger partial charge in [-0.1, -0.05) is 13.3 Å². The maximum atomic E-state index is 11.5. The van der Waals surface area contributed by atoms with E-state index in [2.05, 4.69) is 5.32 Å². The van der Waals surface area contributed by atoms with Crippen LogP contribution in [0.15, 0.2) is 0 Å². The average Bonchev–Trinajstić information content (AvgIpc) is 2.22. The van der Waals surface area contributed by atoms with Gasteiger partial charge in [-0.15, -0.1) is 0 Å². The Labute approximate surface area is 107 Å². The number of likely N-dealkylation sites (tertiary alicyclic amines) is 1. The Morgan fingerprint density at radius 3 is 2.61 bits per heavy atom. The molecule has 1 aliphatic heterocycles. The van der Waals surface area contributed by atoms with Crippen molar-refractivity contribution in [2.24, 2.45) is 0 Å². The van der Waals surface area contributed by atoms with E-state index in [1.807, 2.05) is 11.8 Å². The molecular formula is C12H22N2O4. The second-order valence-electron chi connectivity index (χ2n) is 4.97. The van der Waals surface area contributed by atoms with Crippen LogP contribution >= 0.6 is 0 Å². The third kappa shape index (κ3) is 5.01. The lowest BCUT2D eigenvalue weighted by atomic mass is 9.89. The third-order valence-electron chi connectivity index (χ3n) is 3.01. The van der Waals surface area contributed by atoms with Crippen LogP contribution in [0.25, 0.3) is 0 Å². The van der Waals surface area contributed by atoms with Gasteiger partial charge in [-0.05, 0) is 12.8 Å². The number of carbonyl (C=O) groups is 2. The molecule has 0 atom stereocenters. The zero-order valence-corrected chi connectivity index (χ0v) is 10.8. The van der Waals surface area contributed by atoms with Crippen LogP contribution in [-0.4, -0.2) is 58.8 Å². The van der Waals surface area contributed by atoms with Gasteiger partial charge in [0.1, 0.15) is 0 Å². The highest BCUT2D eigenvalue weighted by Crippen LogP contribution is 2.24. The number of nitrogens with one attached hydrogen (secondary N) is 1. The SMILES string of the molecule is CCCC1(O)CN(CC(=O)NCCCC(=O)O)C1. The van der Waals surface area contributed by atoms with Crippen molar-refractivity contribution in [2.45, 2.75) is 38.2 Å². The molecule has 1 heterocycles. The van der Waals surface area contributed by atoms with Crippen LogP contribution in [0.3, 0.4) is 0 Å². The molecule has 1 aliphatic rings. The van der Waals surface area contributed by atoms with Crippen LogP contribution in [0, 0.1) is 0 Å². The number of hydrogen-bond donors (Lipinski definition) is 3. The van der Waals surface area contributed by atoms with Gasteiger partial charge in [-0.25, -0.2) is 0 Å². The second kappa shape index (κ2) is 6.70. The fourth-order valence-corrected chi connectivity index (χ4v) is 2.25. The van der Waals surface area contributed by atoms with Crippen LogP contribution < -0.4 is 5.32 Å². The molecule has 0 bridgehead atoms. The predicted octanol–water partition coefficient (Wildman–Crippen LogP) is -0.186. The number of carbonyl (C=O) groups excluding carboxylic acids is 1. The van der Waals surface area contributed by atoms with Gasteiger partial charge in [0, 0.05) is 26.1 Å². The minimum atomic E-state index is -0.850. The Kier molecular flexibility index (Phi) is 5.55. The van der Waals surface area contributed by atoms with E-state index < -0.39 is 11.6 Å². The van der Waals surface area contributed by atoms with E-state index >= 15 is 0 Å². The van der Waals surface area contributed by atoms with Crippen LogP contribution in [0.1, 0.15) is 32.6 Å². The Morgan fingerprint density at radius 2 is 2.06 bits per heavy atom. The van der Waals surface area contributed by atoms with E-state index in [1.165, 1.54) is 0 Å². The van der Waals surface area contributed by atoms with Crippen LogP contribution in [0.4, 0.5) is 0 Å². The molecule has 0 spiro atoms. The number of aliphatic carboxylic acids is 1. The van der Waals surface area contributed by atoms with E-state index in [-0.39, 0.29) is 18.9 Å². The lowest BCUT2D eigenvalue weighted by Crippen LogP contribution is -2.63. The third-order valence-corrected chi connectivity index (χ3v) is 3.01. The summed E-state index contributed by atoms with van der Waals surface area (Å²) in [6.45, 7) is 3.78. The number of amides is 1. The molecule has 0 aromatic heterocycles.